The van der Waals surface area contributed by atoms with Gasteiger partial charge in [-0.05, 0) is 78.9 Å². The number of hydrogen-bond donors (Lipinski definition) is 2. The van der Waals surface area contributed by atoms with Gasteiger partial charge >= 0.3 is 0 Å². The van der Waals surface area contributed by atoms with Crippen LogP contribution in [-0.2, 0) is 16.4 Å². The van der Waals surface area contributed by atoms with Crippen molar-refractivity contribution in [1.82, 2.24) is 5.32 Å². The van der Waals surface area contributed by atoms with Gasteiger partial charge in [0.15, 0.2) is 0 Å². The Bertz CT molecular complexity index is 1170. The van der Waals surface area contributed by atoms with Gasteiger partial charge < -0.3 is 10.1 Å². The molecule has 0 spiro atoms. The number of benzene rings is 3. The van der Waals surface area contributed by atoms with Crippen LogP contribution >= 0.6 is 0 Å². The summed E-state index contributed by atoms with van der Waals surface area (Å²) in [6.45, 7) is 0. The summed E-state index contributed by atoms with van der Waals surface area (Å²) in [5.74, 6) is 0.404. The molecule has 0 bridgehead atoms. The highest BCUT2D eigenvalue weighted by atomic mass is 32.2. The third kappa shape index (κ3) is 4.72. The van der Waals surface area contributed by atoms with Crippen molar-refractivity contribution in [2.45, 2.75) is 30.2 Å². The van der Waals surface area contributed by atoms with Crippen molar-refractivity contribution in [2.75, 3.05) is 11.8 Å². The van der Waals surface area contributed by atoms with E-state index in [1.54, 1.807) is 36.4 Å². The van der Waals surface area contributed by atoms with Gasteiger partial charge in [-0.3, -0.25) is 9.52 Å². The van der Waals surface area contributed by atoms with Crippen LogP contribution in [0.4, 0.5) is 5.69 Å². The highest BCUT2D eigenvalue weighted by Crippen LogP contribution is 2.29. The van der Waals surface area contributed by atoms with E-state index in [0.717, 1.165) is 19.3 Å². The SMILES string of the molecule is COc1ccc(S(=O)(=O)Nc2ccc(C(=O)N[C@@H]3CCCc4ccccc43)cc2)cc1. The molecule has 0 aliphatic heterocycles. The normalized spacial score (nSPS) is 15.6. The Morgan fingerprint density at radius 3 is 2.39 bits per heavy atom. The molecule has 2 N–H and O–H groups in total. The summed E-state index contributed by atoms with van der Waals surface area (Å²) in [6.07, 6.45) is 2.97. The summed E-state index contributed by atoms with van der Waals surface area (Å²) in [4.78, 5) is 12.9. The number of sulfonamides is 1. The minimum atomic E-state index is -3.73. The number of rotatable bonds is 6. The molecule has 3 aromatic carbocycles. The van der Waals surface area contributed by atoms with Crippen molar-refractivity contribution in [2.24, 2.45) is 0 Å². The van der Waals surface area contributed by atoms with Crippen LogP contribution in [0.3, 0.4) is 0 Å². The average Bonchev–Trinajstić information content (AvgIpc) is 2.79. The van der Waals surface area contributed by atoms with Crippen molar-refractivity contribution in [1.29, 1.82) is 0 Å². The Hall–Kier alpha value is -3.32. The van der Waals surface area contributed by atoms with E-state index < -0.39 is 10.0 Å². The standard InChI is InChI=1S/C24H24N2O4S/c1-30-20-13-15-21(16-14-20)31(28,29)26-19-11-9-18(10-12-19)24(27)25-23-8-4-6-17-5-2-3-7-22(17)23/h2-3,5,7,9-16,23,26H,4,6,8H2,1H3,(H,25,27)/t23-/m1/s1. The first kappa shape index (κ1) is 20.9. The van der Waals surface area contributed by atoms with E-state index in [4.69, 9.17) is 4.74 Å². The minimum absolute atomic E-state index is 0.00861. The first-order valence-electron chi connectivity index (χ1n) is 10.1. The van der Waals surface area contributed by atoms with Crippen LogP contribution in [-0.4, -0.2) is 21.4 Å². The fraction of sp³-hybridized carbons (Fsp3) is 0.208. The molecule has 0 fully saturated rings. The van der Waals surface area contributed by atoms with Gasteiger partial charge in [0.05, 0.1) is 18.0 Å². The smallest absolute Gasteiger partial charge is 0.261 e. The van der Waals surface area contributed by atoms with Crippen molar-refractivity contribution in [3.8, 4) is 5.75 Å². The summed E-state index contributed by atoms with van der Waals surface area (Å²) in [7, 11) is -2.21. The molecule has 31 heavy (non-hydrogen) atoms. The number of nitrogens with one attached hydrogen (secondary N) is 2. The molecule has 0 unspecified atom stereocenters. The van der Waals surface area contributed by atoms with Crippen molar-refractivity contribution in [3.05, 3.63) is 89.5 Å². The predicted octanol–water partition coefficient (Wildman–Crippen LogP) is 4.30. The quantitative estimate of drug-likeness (QED) is 0.603. The molecule has 3 aromatic rings. The molecule has 1 atom stereocenters. The maximum atomic E-state index is 12.7. The Morgan fingerprint density at radius 2 is 1.68 bits per heavy atom. The van der Waals surface area contributed by atoms with Crippen LogP contribution in [0, 0.1) is 0 Å². The van der Waals surface area contributed by atoms with Crippen molar-refractivity contribution >= 4 is 21.6 Å². The maximum Gasteiger partial charge on any atom is 0.261 e. The monoisotopic (exact) mass is 436 g/mol. The third-order valence-electron chi connectivity index (χ3n) is 5.44. The second kappa shape index (κ2) is 8.81. The van der Waals surface area contributed by atoms with Gasteiger partial charge in [-0.15, -0.1) is 0 Å². The molecule has 160 valence electrons. The van der Waals surface area contributed by atoms with Gasteiger partial charge in [0, 0.05) is 11.3 Å². The van der Waals surface area contributed by atoms with Crippen LogP contribution in [0.1, 0.15) is 40.4 Å². The number of hydrogen-bond acceptors (Lipinski definition) is 4. The zero-order chi connectivity index (χ0) is 21.8. The molecule has 0 radical (unpaired) electrons. The van der Waals surface area contributed by atoms with Crippen LogP contribution in [0.5, 0.6) is 5.75 Å². The second-order valence-electron chi connectivity index (χ2n) is 7.48. The zero-order valence-electron chi connectivity index (χ0n) is 17.2. The van der Waals surface area contributed by atoms with Crippen molar-refractivity contribution in [3.63, 3.8) is 0 Å². The Balaban J connectivity index is 1.44. The summed E-state index contributed by atoms with van der Waals surface area (Å²) >= 11 is 0. The van der Waals surface area contributed by atoms with Gasteiger partial charge in [-0.1, -0.05) is 24.3 Å². The van der Waals surface area contributed by atoms with Crippen LogP contribution in [0.15, 0.2) is 77.7 Å². The lowest BCUT2D eigenvalue weighted by Crippen LogP contribution is -2.30. The highest BCUT2D eigenvalue weighted by Gasteiger charge is 2.22. The summed E-state index contributed by atoms with van der Waals surface area (Å²) in [6, 6.07) is 20.7. The van der Waals surface area contributed by atoms with E-state index in [1.807, 2.05) is 12.1 Å². The summed E-state index contributed by atoms with van der Waals surface area (Å²) in [5.41, 5.74) is 3.32. The number of amides is 1. The lowest BCUT2D eigenvalue weighted by molar-refractivity contribution is 0.0933. The molecule has 0 saturated carbocycles. The first-order valence-corrected chi connectivity index (χ1v) is 11.6. The van der Waals surface area contributed by atoms with E-state index in [1.165, 1.54) is 30.4 Å². The molecular formula is C24H24N2O4S. The van der Waals surface area contributed by atoms with E-state index in [9.17, 15) is 13.2 Å². The zero-order valence-corrected chi connectivity index (χ0v) is 18.0. The third-order valence-corrected chi connectivity index (χ3v) is 6.84. The Morgan fingerprint density at radius 1 is 0.968 bits per heavy atom. The molecule has 0 saturated heterocycles. The number of carbonyl (C=O) groups excluding carboxylic acids is 1. The van der Waals surface area contributed by atoms with Crippen LogP contribution < -0.4 is 14.8 Å². The second-order valence-corrected chi connectivity index (χ2v) is 9.16. The number of methoxy groups -OCH3 is 1. The van der Waals surface area contributed by atoms with E-state index >= 15 is 0 Å². The molecule has 0 heterocycles. The molecular weight excluding hydrogens is 412 g/mol. The molecule has 1 amide bonds. The van der Waals surface area contributed by atoms with Gasteiger partial charge in [0.1, 0.15) is 5.75 Å². The van der Waals surface area contributed by atoms with Crippen molar-refractivity contribution < 1.29 is 17.9 Å². The van der Waals surface area contributed by atoms with Gasteiger partial charge in [-0.25, -0.2) is 8.42 Å². The van der Waals surface area contributed by atoms with E-state index in [-0.39, 0.29) is 16.8 Å². The van der Waals surface area contributed by atoms with Crippen LogP contribution in [0.25, 0.3) is 0 Å². The summed E-state index contributed by atoms with van der Waals surface area (Å²) < 4.78 is 32.7. The average molecular weight is 437 g/mol. The molecule has 4 rings (SSSR count). The molecule has 1 aliphatic carbocycles. The number of anilines is 1. The van der Waals surface area contributed by atoms with Crippen LogP contribution in [0.2, 0.25) is 0 Å². The fourth-order valence-corrected chi connectivity index (χ4v) is 4.86. The maximum absolute atomic E-state index is 12.7. The molecule has 6 nitrogen and oxygen atoms in total. The first-order chi connectivity index (χ1) is 15.0. The van der Waals surface area contributed by atoms with E-state index in [2.05, 4.69) is 22.2 Å². The van der Waals surface area contributed by atoms with E-state index in [0.29, 0.717) is 17.0 Å². The topological polar surface area (TPSA) is 84.5 Å². The molecule has 7 heteroatoms. The Labute approximate surface area is 182 Å². The highest BCUT2D eigenvalue weighted by molar-refractivity contribution is 7.92. The number of ether oxygens (including phenoxy) is 1. The number of fused-ring (bicyclic) bond motifs is 1. The molecule has 0 aromatic heterocycles. The largest absolute Gasteiger partial charge is 0.497 e. The number of aryl methyl sites for hydroxylation is 1. The Kier molecular flexibility index (Phi) is 5.95. The van der Waals surface area contributed by atoms with Gasteiger partial charge in [0.2, 0.25) is 0 Å². The summed E-state index contributed by atoms with van der Waals surface area (Å²) in [5, 5.41) is 3.11. The number of carbonyl (C=O) groups is 1. The van der Waals surface area contributed by atoms with Gasteiger partial charge in [-0.2, -0.15) is 0 Å². The predicted molar refractivity (Wildman–Crippen MR) is 120 cm³/mol. The lowest BCUT2D eigenvalue weighted by Gasteiger charge is -2.26. The fourth-order valence-electron chi connectivity index (χ4n) is 3.80. The minimum Gasteiger partial charge on any atom is -0.497 e. The lowest BCUT2D eigenvalue weighted by atomic mass is 9.87. The molecule has 1 aliphatic rings. The van der Waals surface area contributed by atoms with Gasteiger partial charge in [0.25, 0.3) is 15.9 Å².